The van der Waals surface area contributed by atoms with Gasteiger partial charge in [0.15, 0.2) is 0 Å². The molecule has 2 aromatic carbocycles. The van der Waals surface area contributed by atoms with Crippen molar-refractivity contribution in [2.24, 2.45) is 0 Å². The van der Waals surface area contributed by atoms with Crippen molar-refractivity contribution >= 4 is 45.7 Å². The lowest BCUT2D eigenvalue weighted by Crippen LogP contribution is -2.47. The first-order chi connectivity index (χ1) is 11.9. The number of nitrogens with zero attached hydrogens (tertiary/aromatic N) is 1. The molecule has 1 N–H and O–H groups in total. The van der Waals surface area contributed by atoms with Gasteiger partial charge in [-0.1, -0.05) is 89.4 Å². The van der Waals surface area contributed by atoms with Gasteiger partial charge in [-0.2, -0.15) is 0 Å². The van der Waals surface area contributed by atoms with Crippen molar-refractivity contribution in [3.63, 3.8) is 0 Å². The summed E-state index contributed by atoms with van der Waals surface area (Å²) in [6, 6.07) is 13.2. The monoisotopic (exact) mass is 403 g/mol. The van der Waals surface area contributed by atoms with Crippen LogP contribution in [0, 0.1) is 0 Å². The maximum Gasteiger partial charge on any atom is 0.122 e. The van der Waals surface area contributed by atoms with E-state index in [1.807, 2.05) is 0 Å². The van der Waals surface area contributed by atoms with Crippen LogP contribution >= 0.6 is 8.58 Å². The van der Waals surface area contributed by atoms with E-state index in [-0.39, 0.29) is 0 Å². The molecule has 0 amide bonds. The van der Waals surface area contributed by atoms with E-state index in [1.54, 1.807) is 0 Å². The third kappa shape index (κ3) is 5.29. The van der Waals surface area contributed by atoms with Crippen molar-refractivity contribution in [3.05, 3.63) is 42.0 Å². The standard InChI is InChI=1S/C21H34NOPSi2/c1-22(2)15-16-11-9-10-12-18(16)24-19-13-17(25(3,4)5)14-20(21(19)23)26(6,7)8/h9-14,23-24H,15H2,1-8H3. The highest BCUT2D eigenvalue weighted by Gasteiger charge is 2.27. The molecule has 0 aliphatic heterocycles. The Morgan fingerprint density at radius 2 is 1.50 bits per heavy atom. The Balaban J connectivity index is 2.57. The quantitative estimate of drug-likeness (QED) is 0.592. The number of benzene rings is 2. The Kier molecular flexibility index (Phi) is 6.55. The van der Waals surface area contributed by atoms with Crippen LogP contribution in [0.1, 0.15) is 5.56 Å². The zero-order chi connectivity index (χ0) is 19.7. The Morgan fingerprint density at radius 1 is 0.885 bits per heavy atom. The Hall–Kier alpha value is -0.936. The topological polar surface area (TPSA) is 23.5 Å². The predicted molar refractivity (Wildman–Crippen MR) is 125 cm³/mol. The van der Waals surface area contributed by atoms with E-state index in [1.165, 1.54) is 21.2 Å². The van der Waals surface area contributed by atoms with Gasteiger partial charge in [-0.05, 0) is 30.2 Å². The molecular weight excluding hydrogens is 369 g/mol. The van der Waals surface area contributed by atoms with Gasteiger partial charge in [-0.25, -0.2) is 0 Å². The molecule has 0 aromatic heterocycles. The van der Waals surface area contributed by atoms with E-state index in [0.717, 1.165) is 11.8 Å². The second-order valence-electron chi connectivity index (χ2n) is 9.44. The molecule has 0 fully saturated rings. The van der Waals surface area contributed by atoms with E-state index in [2.05, 4.69) is 94.7 Å². The molecular formula is C21H34NOPSi2. The normalized spacial score (nSPS) is 13.1. The summed E-state index contributed by atoms with van der Waals surface area (Å²) in [5.41, 5.74) is 1.35. The molecule has 0 heterocycles. The summed E-state index contributed by atoms with van der Waals surface area (Å²) in [5, 5.41) is 16.2. The number of phenolic OH excluding ortho intramolecular Hbond substituents is 1. The molecule has 0 aliphatic carbocycles. The Labute approximate surface area is 163 Å². The largest absolute Gasteiger partial charge is 0.507 e. The fraction of sp³-hybridized carbons (Fsp3) is 0.429. The van der Waals surface area contributed by atoms with Crippen molar-refractivity contribution in [1.29, 1.82) is 0 Å². The van der Waals surface area contributed by atoms with E-state index >= 15 is 0 Å². The van der Waals surface area contributed by atoms with Crippen LogP contribution in [-0.2, 0) is 6.54 Å². The lowest BCUT2D eigenvalue weighted by atomic mass is 10.2. The number of phenols is 1. The number of hydrogen-bond acceptors (Lipinski definition) is 2. The summed E-state index contributed by atoms with van der Waals surface area (Å²) < 4.78 is 0. The van der Waals surface area contributed by atoms with Gasteiger partial charge in [0.2, 0.25) is 0 Å². The van der Waals surface area contributed by atoms with Gasteiger partial charge in [0.25, 0.3) is 0 Å². The number of rotatable bonds is 6. The maximum atomic E-state index is 11.1. The zero-order valence-electron chi connectivity index (χ0n) is 17.6. The van der Waals surface area contributed by atoms with E-state index in [4.69, 9.17) is 0 Å². The number of aromatic hydroxyl groups is 1. The van der Waals surface area contributed by atoms with Crippen LogP contribution in [0.15, 0.2) is 36.4 Å². The van der Waals surface area contributed by atoms with Crippen LogP contribution in [0.4, 0.5) is 0 Å². The van der Waals surface area contributed by atoms with Crippen molar-refractivity contribution in [2.75, 3.05) is 14.1 Å². The van der Waals surface area contributed by atoms with E-state index in [9.17, 15) is 5.11 Å². The molecule has 2 nitrogen and oxygen atoms in total. The third-order valence-electron chi connectivity index (χ3n) is 4.56. The average molecular weight is 404 g/mol. The second kappa shape index (κ2) is 7.97. The highest BCUT2D eigenvalue weighted by molar-refractivity contribution is 7.56. The summed E-state index contributed by atoms with van der Waals surface area (Å²) in [6.45, 7) is 15.1. The Bertz CT molecular complexity index is 777. The van der Waals surface area contributed by atoms with Crippen LogP contribution in [0.5, 0.6) is 5.75 Å². The van der Waals surface area contributed by atoms with Crippen LogP contribution in [-0.4, -0.2) is 40.2 Å². The fourth-order valence-electron chi connectivity index (χ4n) is 3.00. The smallest absolute Gasteiger partial charge is 0.122 e. The molecule has 0 saturated carbocycles. The summed E-state index contributed by atoms with van der Waals surface area (Å²) >= 11 is 0. The van der Waals surface area contributed by atoms with Crippen LogP contribution < -0.4 is 21.0 Å². The molecule has 26 heavy (non-hydrogen) atoms. The molecule has 0 aliphatic rings. The predicted octanol–water partition coefficient (Wildman–Crippen LogP) is 3.17. The summed E-state index contributed by atoms with van der Waals surface area (Å²) in [5.74, 6) is 0.546. The van der Waals surface area contributed by atoms with E-state index < -0.39 is 16.1 Å². The van der Waals surface area contributed by atoms with Crippen LogP contribution in [0.25, 0.3) is 0 Å². The molecule has 0 bridgehead atoms. The first-order valence-electron chi connectivity index (χ1n) is 9.27. The van der Waals surface area contributed by atoms with Crippen LogP contribution in [0.2, 0.25) is 39.3 Å². The molecule has 142 valence electrons. The summed E-state index contributed by atoms with van der Waals surface area (Å²) in [6.07, 6.45) is 0. The Morgan fingerprint density at radius 3 is 2.04 bits per heavy atom. The third-order valence-corrected chi connectivity index (χ3v) is 9.98. The number of hydrogen-bond donors (Lipinski definition) is 1. The maximum absolute atomic E-state index is 11.1. The first-order valence-corrected chi connectivity index (χ1v) is 17.3. The van der Waals surface area contributed by atoms with Crippen molar-refractivity contribution in [1.82, 2.24) is 4.90 Å². The molecule has 5 heteroatoms. The van der Waals surface area contributed by atoms with Gasteiger partial charge in [-0.3, -0.25) is 0 Å². The highest BCUT2D eigenvalue weighted by atomic mass is 31.1. The van der Waals surface area contributed by atoms with Gasteiger partial charge in [0.1, 0.15) is 5.75 Å². The van der Waals surface area contributed by atoms with Crippen molar-refractivity contribution < 1.29 is 5.11 Å². The minimum Gasteiger partial charge on any atom is -0.507 e. The molecule has 2 aromatic rings. The van der Waals surface area contributed by atoms with Gasteiger partial charge in [-0.15, -0.1) is 0 Å². The van der Waals surface area contributed by atoms with Gasteiger partial charge < -0.3 is 10.0 Å². The fourth-order valence-corrected chi connectivity index (χ4v) is 7.28. The lowest BCUT2D eigenvalue weighted by molar-refractivity contribution is 0.403. The summed E-state index contributed by atoms with van der Waals surface area (Å²) in [7, 11) is 1.64. The minimum absolute atomic E-state index is 0.493. The van der Waals surface area contributed by atoms with Gasteiger partial charge in [0.05, 0.1) is 16.1 Å². The molecule has 1 atom stereocenters. The van der Waals surface area contributed by atoms with Gasteiger partial charge >= 0.3 is 0 Å². The first kappa shape index (κ1) is 21.4. The molecule has 0 radical (unpaired) electrons. The molecule has 2 rings (SSSR count). The molecule has 0 saturated heterocycles. The lowest BCUT2D eigenvalue weighted by Gasteiger charge is -2.26. The van der Waals surface area contributed by atoms with E-state index in [0.29, 0.717) is 14.3 Å². The molecule has 0 spiro atoms. The van der Waals surface area contributed by atoms with Gasteiger partial charge in [0, 0.05) is 11.8 Å². The average Bonchev–Trinajstić information content (AvgIpc) is 2.48. The SMILES string of the molecule is CN(C)Cc1ccccc1Pc1cc([Si](C)(C)C)cc([Si](C)(C)C)c1O. The van der Waals surface area contributed by atoms with Crippen molar-refractivity contribution in [3.8, 4) is 5.75 Å². The minimum atomic E-state index is -1.61. The van der Waals surface area contributed by atoms with Crippen LogP contribution in [0.3, 0.4) is 0 Å². The summed E-state index contributed by atoms with van der Waals surface area (Å²) in [4.78, 5) is 2.20. The van der Waals surface area contributed by atoms with Crippen molar-refractivity contribution in [2.45, 2.75) is 45.8 Å². The highest BCUT2D eigenvalue weighted by Crippen LogP contribution is 2.22. The zero-order valence-corrected chi connectivity index (χ0v) is 20.6. The second-order valence-corrected chi connectivity index (χ2v) is 20.9. The molecule has 1 unspecified atom stereocenters.